The molecule has 1 unspecified atom stereocenters. The molecule has 0 radical (unpaired) electrons. The molecule has 2 aromatic rings. The molecule has 1 aromatic carbocycles. The van der Waals surface area contributed by atoms with Crippen molar-refractivity contribution in [2.24, 2.45) is 5.92 Å². The Morgan fingerprint density at radius 1 is 0.917 bits per heavy atom. The lowest BCUT2D eigenvalue weighted by Gasteiger charge is -2.16. The van der Waals surface area contributed by atoms with E-state index in [-0.39, 0.29) is 0 Å². The summed E-state index contributed by atoms with van der Waals surface area (Å²) in [6.07, 6.45) is 15.5. The maximum Gasteiger partial charge on any atom is 0.249 e. The van der Waals surface area contributed by atoms with Crippen LogP contribution >= 0.6 is 0 Å². The molecular formula is C22H29N2+. The average Bonchev–Trinajstić information content (AvgIpc) is 3.25. The molecule has 0 fully saturated rings. The third kappa shape index (κ3) is 3.10. The topological polar surface area (TPSA) is 8.81 Å². The first-order valence-corrected chi connectivity index (χ1v) is 9.06. The Hall–Kier alpha value is -2.09. The van der Waals surface area contributed by atoms with E-state index in [0.717, 1.165) is 0 Å². The normalized spacial score (nSPS) is 15.8. The molecule has 1 aromatic heterocycles. The predicted octanol–water partition coefficient (Wildman–Crippen LogP) is 5.31. The molecule has 1 aliphatic rings. The van der Waals surface area contributed by atoms with Crippen LogP contribution in [0.15, 0.2) is 61.2 Å². The van der Waals surface area contributed by atoms with Gasteiger partial charge < -0.3 is 0 Å². The van der Waals surface area contributed by atoms with Crippen LogP contribution in [-0.2, 0) is 0 Å². The molecule has 3 rings (SSSR count). The van der Waals surface area contributed by atoms with Crippen molar-refractivity contribution in [3.05, 3.63) is 72.4 Å². The second-order valence-electron chi connectivity index (χ2n) is 7.45. The Balaban J connectivity index is 2.03. The molecule has 0 spiro atoms. The van der Waals surface area contributed by atoms with Crippen LogP contribution in [0.25, 0.3) is 5.69 Å². The van der Waals surface area contributed by atoms with Crippen molar-refractivity contribution in [1.82, 2.24) is 4.57 Å². The number of benzene rings is 1. The van der Waals surface area contributed by atoms with E-state index < -0.39 is 0 Å². The van der Waals surface area contributed by atoms with E-state index in [1.165, 1.54) is 16.8 Å². The standard InChI is InChI=1S/C22H29N2/c1-16(2)20-11-8-12-21(17(3)4)22(20)24-14-13-23(15-24)18(5)19-9-6-7-10-19/h6-19H,1-5H3/q+1. The smallest absolute Gasteiger partial charge is 0.233 e. The van der Waals surface area contributed by atoms with Gasteiger partial charge in [-0.25, -0.2) is 9.13 Å². The van der Waals surface area contributed by atoms with Crippen molar-refractivity contribution < 1.29 is 4.57 Å². The lowest BCUT2D eigenvalue weighted by atomic mass is 9.92. The monoisotopic (exact) mass is 321 g/mol. The Labute approximate surface area is 146 Å². The summed E-state index contributed by atoms with van der Waals surface area (Å²) in [6, 6.07) is 7.15. The van der Waals surface area contributed by atoms with Crippen LogP contribution < -0.4 is 4.57 Å². The number of imidazole rings is 1. The van der Waals surface area contributed by atoms with Crippen molar-refractivity contribution in [1.29, 1.82) is 0 Å². The van der Waals surface area contributed by atoms with Crippen LogP contribution in [0.1, 0.15) is 63.6 Å². The Bertz CT molecular complexity index is 724. The quantitative estimate of drug-likeness (QED) is 0.659. The van der Waals surface area contributed by atoms with Gasteiger partial charge in [0.25, 0.3) is 0 Å². The molecule has 2 nitrogen and oxygen atoms in total. The van der Waals surface area contributed by atoms with Gasteiger partial charge in [-0.15, -0.1) is 0 Å². The summed E-state index contributed by atoms with van der Waals surface area (Å²) in [6.45, 7) is 11.4. The predicted molar refractivity (Wildman–Crippen MR) is 101 cm³/mol. The average molecular weight is 321 g/mol. The summed E-state index contributed by atoms with van der Waals surface area (Å²) >= 11 is 0. The van der Waals surface area contributed by atoms with Gasteiger partial charge in [-0.05, 0) is 18.8 Å². The summed E-state index contributed by atoms with van der Waals surface area (Å²) in [5.41, 5.74) is 4.18. The molecular weight excluding hydrogens is 292 g/mol. The Kier molecular flexibility index (Phi) is 4.75. The summed E-state index contributed by atoms with van der Waals surface area (Å²) in [5.74, 6) is 1.50. The van der Waals surface area contributed by atoms with Crippen LogP contribution in [0.4, 0.5) is 0 Å². The van der Waals surface area contributed by atoms with Crippen molar-refractivity contribution in [3.8, 4) is 5.69 Å². The minimum absolute atomic E-state index is 0.426. The number of nitrogens with zero attached hydrogens (tertiary/aromatic N) is 2. The van der Waals surface area contributed by atoms with Gasteiger partial charge in [-0.1, -0.05) is 70.2 Å². The second kappa shape index (κ2) is 6.80. The van der Waals surface area contributed by atoms with Gasteiger partial charge in [0.1, 0.15) is 24.1 Å². The van der Waals surface area contributed by atoms with Gasteiger partial charge in [-0.2, -0.15) is 0 Å². The summed E-state index contributed by atoms with van der Waals surface area (Å²) in [5, 5.41) is 0. The SMILES string of the molecule is CC(C)c1cccc(C(C)C)c1-n1cc[n+](C(C)C2C=CC=C2)c1. The largest absolute Gasteiger partial charge is 0.249 e. The molecule has 2 heteroatoms. The van der Waals surface area contributed by atoms with Gasteiger partial charge in [0, 0.05) is 17.0 Å². The molecule has 0 saturated heterocycles. The fraction of sp³-hybridized carbons (Fsp3) is 0.409. The first kappa shape index (κ1) is 16.8. The number of para-hydroxylation sites is 1. The van der Waals surface area contributed by atoms with Gasteiger partial charge >= 0.3 is 0 Å². The highest BCUT2D eigenvalue weighted by atomic mass is 15.1. The highest BCUT2D eigenvalue weighted by Crippen LogP contribution is 2.31. The van der Waals surface area contributed by atoms with Gasteiger partial charge in [0.2, 0.25) is 6.33 Å². The fourth-order valence-electron chi connectivity index (χ4n) is 3.52. The highest BCUT2D eigenvalue weighted by molar-refractivity contribution is 5.50. The third-order valence-electron chi connectivity index (χ3n) is 5.06. The molecule has 1 heterocycles. The van der Waals surface area contributed by atoms with E-state index in [4.69, 9.17) is 0 Å². The first-order valence-electron chi connectivity index (χ1n) is 9.06. The van der Waals surface area contributed by atoms with Gasteiger partial charge in [0.05, 0.1) is 0 Å². The van der Waals surface area contributed by atoms with Crippen molar-refractivity contribution >= 4 is 0 Å². The zero-order chi connectivity index (χ0) is 17.3. The lowest BCUT2D eigenvalue weighted by molar-refractivity contribution is -0.722. The molecule has 0 amide bonds. The summed E-state index contributed by atoms with van der Waals surface area (Å²) in [7, 11) is 0. The molecule has 0 saturated carbocycles. The number of aromatic nitrogens is 2. The van der Waals surface area contributed by atoms with E-state index in [1.807, 2.05) is 0 Å². The lowest BCUT2D eigenvalue weighted by Crippen LogP contribution is -2.38. The van der Waals surface area contributed by atoms with E-state index in [9.17, 15) is 0 Å². The first-order chi connectivity index (χ1) is 11.5. The molecule has 0 aliphatic heterocycles. The minimum atomic E-state index is 0.426. The zero-order valence-corrected chi connectivity index (χ0v) is 15.5. The number of hydrogen-bond acceptors (Lipinski definition) is 0. The van der Waals surface area contributed by atoms with E-state index in [0.29, 0.717) is 23.8 Å². The minimum Gasteiger partial charge on any atom is -0.233 e. The van der Waals surface area contributed by atoms with Crippen molar-refractivity contribution in [2.45, 2.75) is 52.5 Å². The van der Waals surface area contributed by atoms with Crippen LogP contribution in [0.3, 0.4) is 0 Å². The van der Waals surface area contributed by atoms with E-state index in [1.54, 1.807) is 0 Å². The maximum atomic E-state index is 2.33. The van der Waals surface area contributed by atoms with Crippen molar-refractivity contribution in [3.63, 3.8) is 0 Å². The number of rotatable bonds is 5. The van der Waals surface area contributed by atoms with Gasteiger partial charge in [0.15, 0.2) is 0 Å². The van der Waals surface area contributed by atoms with E-state index in [2.05, 4.69) is 105 Å². The second-order valence-corrected chi connectivity index (χ2v) is 7.45. The van der Waals surface area contributed by atoms with Crippen LogP contribution in [0.2, 0.25) is 0 Å². The van der Waals surface area contributed by atoms with Crippen LogP contribution in [-0.4, -0.2) is 4.57 Å². The van der Waals surface area contributed by atoms with Gasteiger partial charge in [-0.3, -0.25) is 0 Å². The Morgan fingerprint density at radius 2 is 1.50 bits per heavy atom. The molecule has 24 heavy (non-hydrogen) atoms. The molecule has 0 N–H and O–H groups in total. The van der Waals surface area contributed by atoms with Crippen LogP contribution in [0, 0.1) is 5.92 Å². The molecule has 0 bridgehead atoms. The number of hydrogen-bond donors (Lipinski definition) is 0. The fourth-order valence-corrected chi connectivity index (χ4v) is 3.52. The molecule has 126 valence electrons. The maximum absolute atomic E-state index is 2.33. The summed E-state index contributed by atoms with van der Waals surface area (Å²) < 4.78 is 4.63. The summed E-state index contributed by atoms with van der Waals surface area (Å²) in [4.78, 5) is 0. The zero-order valence-electron chi connectivity index (χ0n) is 15.5. The van der Waals surface area contributed by atoms with E-state index >= 15 is 0 Å². The third-order valence-corrected chi connectivity index (χ3v) is 5.06. The Morgan fingerprint density at radius 3 is 2.04 bits per heavy atom. The molecule has 1 atom stereocenters. The van der Waals surface area contributed by atoms with Crippen LogP contribution in [0.5, 0.6) is 0 Å². The van der Waals surface area contributed by atoms with Crippen molar-refractivity contribution in [2.75, 3.05) is 0 Å². The number of allylic oxidation sites excluding steroid dienone is 4. The highest BCUT2D eigenvalue weighted by Gasteiger charge is 2.23. The molecule has 1 aliphatic carbocycles.